The van der Waals surface area contributed by atoms with Crippen LogP contribution in [0.25, 0.3) is 0 Å². The van der Waals surface area contributed by atoms with Crippen LogP contribution >= 0.6 is 35.5 Å². The van der Waals surface area contributed by atoms with Gasteiger partial charge in [0.05, 0.1) is 6.04 Å². The second kappa shape index (κ2) is 8.04. The maximum atomic E-state index is 12.2. The van der Waals surface area contributed by atoms with Crippen LogP contribution in [0.15, 0.2) is 17.5 Å². The number of hydrogen-bond acceptors (Lipinski definition) is 4. The van der Waals surface area contributed by atoms with E-state index >= 15 is 0 Å². The van der Waals surface area contributed by atoms with Gasteiger partial charge >= 0.3 is 0 Å². The maximum absolute atomic E-state index is 12.2. The SMILES string of the molecule is CCN(CCc1cccs1)C(=O)C1CSCN1.Cl. The van der Waals surface area contributed by atoms with E-state index in [1.165, 1.54) is 4.88 Å². The first kappa shape index (κ1) is 15.8. The first-order valence-corrected chi connectivity index (χ1v) is 7.97. The Balaban J connectivity index is 0.00000162. The molecule has 0 saturated carbocycles. The van der Waals surface area contributed by atoms with Crippen molar-refractivity contribution >= 4 is 41.4 Å². The molecule has 1 N–H and O–H groups in total. The molecule has 1 fully saturated rings. The lowest BCUT2D eigenvalue weighted by Gasteiger charge is -2.23. The predicted octanol–water partition coefficient (Wildman–Crippen LogP) is 2.22. The Morgan fingerprint density at radius 1 is 1.61 bits per heavy atom. The standard InChI is InChI=1S/C12H18N2OS2.ClH/c1-2-14(6-5-10-4-3-7-17-10)12(15)11-8-16-9-13-11;/h3-4,7,11,13H,2,5-6,8-9H2,1H3;1H. The highest BCUT2D eigenvalue weighted by molar-refractivity contribution is 7.99. The monoisotopic (exact) mass is 306 g/mol. The van der Waals surface area contributed by atoms with Crippen molar-refractivity contribution in [3.8, 4) is 0 Å². The van der Waals surface area contributed by atoms with E-state index in [4.69, 9.17) is 0 Å². The van der Waals surface area contributed by atoms with Gasteiger partial charge in [0.15, 0.2) is 0 Å². The van der Waals surface area contributed by atoms with Crippen molar-refractivity contribution in [1.82, 2.24) is 10.2 Å². The first-order chi connectivity index (χ1) is 8.31. The zero-order valence-corrected chi connectivity index (χ0v) is 12.9. The lowest BCUT2D eigenvalue weighted by Crippen LogP contribution is -2.45. The Morgan fingerprint density at radius 2 is 2.44 bits per heavy atom. The van der Waals surface area contributed by atoms with E-state index in [2.05, 4.69) is 29.8 Å². The van der Waals surface area contributed by atoms with Crippen LogP contribution in [0, 0.1) is 0 Å². The third-order valence-electron chi connectivity index (χ3n) is 2.92. The molecule has 1 unspecified atom stereocenters. The Hall–Kier alpha value is -0.230. The number of nitrogens with one attached hydrogen (secondary N) is 1. The molecule has 3 nitrogen and oxygen atoms in total. The van der Waals surface area contributed by atoms with E-state index in [0.717, 1.165) is 31.1 Å². The van der Waals surface area contributed by atoms with Crippen LogP contribution in [0.4, 0.5) is 0 Å². The first-order valence-electron chi connectivity index (χ1n) is 5.93. The number of rotatable bonds is 5. The van der Waals surface area contributed by atoms with Crippen LogP contribution in [0.5, 0.6) is 0 Å². The molecule has 2 rings (SSSR count). The number of likely N-dealkylation sites (N-methyl/N-ethyl adjacent to an activating group) is 1. The molecule has 1 atom stereocenters. The maximum Gasteiger partial charge on any atom is 0.240 e. The number of carbonyl (C=O) groups excluding carboxylic acids is 1. The Bertz CT molecular complexity index is 353. The average Bonchev–Trinajstić information content (AvgIpc) is 3.02. The highest BCUT2D eigenvalue weighted by Crippen LogP contribution is 2.14. The average molecular weight is 307 g/mol. The minimum absolute atomic E-state index is 0. The summed E-state index contributed by atoms with van der Waals surface area (Å²) in [6.45, 7) is 3.68. The van der Waals surface area contributed by atoms with E-state index in [0.29, 0.717) is 0 Å². The van der Waals surface area contributed by atoms with Crippen LogP contribution in [0.1, 0.15) is 11.8 Å². The van der Waals surface area contributed by atoms with Gasteiger partial charge in [-0.2, -0.15) is 0 Å². The summed E-state index contributed by atoms with van der Waals surface area (Å²) < 4.78 is 0. The van der Waals surface area contributed by atoms with Crippen molar-refractivity contribution in [1.29, 1.82) is 0 Å². The van der Waals surface area contributed by atoms with Gasteiger partial charge in [0, 0.05) is 29.6 Å². The molecule has 102 valence electrons. The molecule has 0 radical (unpaired) electrons. The number of halogens is 1. The fourth-order valence-electron chi connectivity index (χ4n) is 1.90. The lowest BCUT2D eigenvalue weighted by molar-refractivity contribution is -0.132. The predicted molar refractivity (Wildman–Crippen MR) is 81.8 cm³/mol. The number of thiophene rings is 1. The van der Waals surface area contributed by atoms with Gasteiger partial charge in [-0.3, -0.25) is 10.1 Å². The molecule has 0 bridgehead atoms. The van der Waals surface area contributed by atoms with Crippen molar-refractivity contribution in [2.45, 2.75) is 19.4 Å². The third kappa shape index (κ3) is 4.16. The van der Waals surface area contributed by atoms with Gasteiger partial charge in [-0.05, 0) is 24.8 Å². The number of hydrogen-bond donors (Lipinski definition) is 1. The molecule has 1 amide bonds. The summed E-state index contributed by atoms with van der Waals surface area (Å²) in [5, 5.41) is 5.32. The van der Waals surface area contributed by atoms with Gasteiger partial charge < -0.3 is 4.90 Å². The second-order valence-corrected chi connectivity index (χ2v) is 6.08. The Kier molecular flexibility index (Phi) is 7.07. The van der Waals surface area contributed by atoms with E-state index in [9.17, 15) is 4.79 Å². The van der Waals surface area contributed by atoms with Crippen LogP contribution in [-0.4, -0.2) is 41.6 Å². The van der Waals surface area contributed by atoms with Gasteiger partial charge in [-0.25, -0.2) is 0 Å². The fraction of sp³-hybridized carbons (Fsp3) is 0.583. The molecule has 6 heteroatoms. The minimum atomic E-state index is 0. The van der Waals surface area contributed by atoms with Gasteiger partial charge in [-0.15, -0.1) is 35.5 Å². The summed E-state index contributed by atoms with van der Waals surface area (Å²) >= 11 is 3.56. The smallest absolute Gasteiger partial charge is 0.240 e. The van der Waals surface area contributed by atoms with Crippen molar-refractivity contribution in [3.05, 3.63) is 22.4 Å². The third-order valence-corrected chi connectivity index (χ3v) is 4.79. The molecule has 1 aliphatic rings. The zero-order valence-electron chi connectivity index (χ0n) is 10.4. The van der Waals surface area contributed by atoms with Crippen molar-refractivity contribution in [2.24, 2.45) is 0 Å². The van der Waals surface area contributed by atoms with E-state index < -0.39 is 0 Å². The van der Waals surface area contributed by atoms with E-state index in [-0.39, 0.29) is 24.4 Å². The molecule has 1 aromatic heterocycles. The van der Waals surface area contributed by atoms with Gasteiger partial charge in [-0.1, -0.05) is 6.07 Å². The summed E-state index contributed by atoms with van der Waals surface area (Å²) in [7, 11) is 0. The number of nitrogens with zero attached hydrogens (tertiary/aromatic N) is 1. The van der Waals surface area contributed by atoms with Crippen molar-refractivity contribution in [3.63, 3.8) is 0 Å². The normalized spacial score (nSPS) is 18.4. The zero-order chi connectivity index (χ0) is 12.1. The summed E-state index contributed by atoms with van der Waals surface area (Å²) in [6.07, 6.45) is 0.969. The molecule has 18 heavy (non-hydrogen) atoms. The summed E-state index contributed by atoms with van der Waals surface area (Å²) in [5.74, 6) is 2.07. The molecule has 0 spiro atoms. The molecule has 0 aromatic carbocycles. The Labute approximate surface area is 123 Å². The number of thioether (sulfide) groups is 1. The van der Waals surface area contributed by atoms with E-state index in [1.807, 2.05) is 4.90 Å². The number of amides is 1. The highest BCUT2D eigenvalue weighted by Gasteiger charge is 2.26. The molecule has 1 aromatic rings. The molecular weight excluding hydrogens is 288 g/mol. The highest BCUT2D eigenvalue weighted by atomic mass is 35.5. The fourth-order valence-corrected chi connectivity index (χ4v) is 3.53. The van der Waals surface area contributed by atoms with Crippen LogP contribution in [0.2, 0.25) is 0 Å². The molecular formula is C12H19ClN2OS2. The summed E-state index contributed by atoms with van der Waals surface area (Å²) in [4.78, 5) is 15.5. The van der Waals surface area contributed by atoms with Gasteiger partial charge in [0.25, 0.3) is 0 Å². The Morgan fingerprint density at radius 3 is 3.00 bits per heavy atom. The van der Waals surface area contributed by atoms with Gasteiger partial charge in [0.2, 0.25) is 5.91 Å². The van der Waals surface area contributed by atoms with Crippen LogP contribution in [-0.2, 0) is 11.2 Å². The van der Waals surface area contributed by atoms with Crippen LogP contribution in [0.3, 0.4) is 0 Å². The van der Waals surface area contributed by atoms with Crippen molar-refractivity contribution < 1.29 is 4.79 Å². The van der Waals surface area contributed by atoms with Crippen LogP contribution < -0.4 is 5.32 Å². The molecule has 1 aliphatic heterocycles. The molecule has 1 saturated heterocycles. The topological polar surface area (TPSA) is 32.3 Å². The van der Waals surface area contributed by atoms with E-state index in [1.54, 1.807) is 23.1 Å². The summed E-state index contributed by atoms with van der Waals surface area (Å²) in [5.41, 5.74) is 0. The summed E-state index contributed by atoms with van der Waals surface area (Å²) in [6, 6.07) is 4.23. The quantitative estimate of drug-likeness (QED) is 0.905. The minimum Gasteiger partial charge on any atom is -0.341 e. The molecule has 2 heterocycles. The van der Waals surface area contributed by atoms with Gasteiger partial charge in [0.1, 0.15) is 0 Å². The lowest BCUT2D eigenvalue weighted by atomic mass is 10.2. The van der Waals surface area contributed by atoms with Crippen molar-refractivity contribution in [2.75, 3.05) is 24.7 Å². The largest absolute Gasteiger partial charge is 0.341 e. The number of carbonyl (C=O) groups is 1. The molecule has 0 aliphatic carbocycles. The second-order valence-electron chi connectivity index (χ2n) is 4.02.